The number of hydrogen-bond acceptors (Lipinski definition) is 9. The Morgan fingerprint density at radius 3 is 1.54 bits per heavy atom. The molecule has 0 radical (unpaired) electrons. The average Bonchev–Trinajstić information content (AvgIpc) is 3.47. The van der Waals surface area contributed by atoms with E-state index < -0.39 is 0 Å². The summed E-state index contributed by atoms with van der Waals surface area (Å²) in [4.78, 5) is 24.8. The Morgan fingerprint density at radius 2 is 1.14 bits per heavy atom. The van der Waals surface area contributed by atoms with Gasteiger partial charge in [-0.25, -0.2) is 0 Å². The molecule has 0 unspecified atom stereocenters. The quantitative estimate of drug-likeness (QED) is 0.307. The fraction of sp³-hybridized carbons (Fsp3) is 0.250. The van der Waals surface area contributed by atoms with Gasteiger partial charge in [-0.1, -0.05) is 24.3 Å². The number of anilines is 2. The van der Waals surface area contributed by atoms with E-state index in [0.717, 1.165) is 0 Å². The molecule has 4 aromatic rings. The molecule has 0 atom stereocenters. The maximum absolute atomic E-state index is 12.4. The van der Waals surface area contributed by atoms with Crippen LogP contribution in [0.3, 0.4) is 0 Å². The van der Waals surface area contributed by atoms with Gasteiger partial charge >= 0.3 is 0 Å². The summed E-state index contributed by atoms with van der Waals surface area (Å²) in [5.74, 6) is 2.52. The smallest absolute Gasteiger partial charge is 0.249 e. The van der Waals surface area contributed by atoms with Crippen LogP contribution in [0.5, 0.6) is 0 Å². The Kier molecular flexibility index (Phi) is 7.88. The van der Waals surface area contributed by atoms with Crippen molar-refractivity contribution in [2.24, 2.45) is 0 Å². The van der Waals surface area contributed by atoms with E-state index in [1.165, 1.54) is 11.8 Å². The lowest BCUT2D eigenvalue weighted by Gasteiger charge is -2.09. The largest absolute Gasteiger partial charge is 0.421 e. The zero-order valence-electron chi connectivity index (χ0n) is 19.3. The van der Waals surface area contributed by atoms with Crippen LogP contribution < -0.4 is 10.6 Å². The number of thioether (sulfide) groups is 1. The summed E-state index contributed by atoms with van der Waals surface area (Å²) in [6.07, 6.45) is 0.617. The summed E-state index contributed by atoms with van der Waals surface area (Å²) in [5.41, 5.74) is 2.56. The highest BCUT2D eigenvalue weighted by molar-refractivity contribution is 7.99. The third-order valence-corrected chi connectivity index (χ3v) is 5.85. The Hall–Kier alpha value is -3.99. The van der Waals surface area contributed by atoms with Gasteiger partial charge in [-0.2, -0.15) is 11.8 Å². The third-order valence-electron chi connectivity index (χ3n) is 4.86. The number of para-hydroxylation sites is 2. The number of carbonyl (C=O) groups excluding carboxylic acids is 2. The number of nitrogens with zero attached hydrogens (tertiary/aromatic N) is 4. The van der Waals surface area contributed by atoms with Crippen LogP contribution in [-0.4, -0.2) is 43.7 Å². The van der Waals surface area contributed by atoms with Crippen LogP contribution in [0.2, 0.25) is 0 Å². The van der Waals surface area contributed by atoms with Crippen molar-refractivity contribution in [1.82, 2.24) is 20.4 Å². The molecule has 2 heterocycles. The minimum Gasteiger partial charge on any atom is -0.421 e. The number of nitrogens with one attached hydrogen (secondary N) is 2. The molecular formula is C24H24N6O4S. The van der Waals surface area contributed by atoms with E-state index in [1.54, 1.807) is 26.0 Å². The number of aromatic nitrogens is 4. The highest BCUT2D eigenvalue weighted by Gasteiger charge is 2.14. The second kappa shape index (κ2) is 11.4. The van der Waals surface area contributed by atoms with Gasteiger partial charge in [0.2, 0.25) is 35.4 Å². The molecule has 4 rings (SSSR count). The van der Waals surface area contributed by atoms with Gasteiger partial charge in [-0.15, -0.1) is 20.4 Å². The van der Waals surface area contributed by atoms with Crippen molar-refractivity contribution in [1.29, 1.82) is 0 Å². The Bertz CT molecular complexity index is 1220. The predicted molar refractivity (Wildman–Crippen MR) is 133 cm³/mol. The number of carbonyl (C=O) groups is 2. The van der Waals surface area contributed by atoms with Gasteiger partial charge in [-0.05, 0) is 24.3 Å². The first kappa shape index (κ1) is 24.1. The molecule has 0 bridgehead atoms. The van der Waals surface area contributed by atoms with Crippen molar-refractivity contribution in [3.05, 3.63) is 60.3 Å². The Labute approximate surface area is 205 Å². The Balaban J connectivity index is 1.21. The first-order valence-corrected chi connectivity index (χ1v) is 12.1. The van der Waals surface area contributed by atoms with Gasteiger partial charge in [0.05, 0.1) is 22.5 Å². The van der Waals surface area contributed by atoms with Gasteiger partial charge < -0.3 is 19.5 Å². The van der Waals surface area contributed by atoms with Gasteiger partial charge in [0.1, 0.15) is 0 Å². The highest BCUT2D eigenvalue weighted by atomic mass is 32.2. The van der Waals surface area contributed by atoms with E-state index in [-0.39, 0.29) is 11.8 Å². The standard InChI is InChI=1S/C24H24N6O4S/c1-15-27-29-23(33-15)17-7-3-5-9-19(17)25-21(31)11-13-35-14-12-22(32)26-20-10-6-4-8-18(20)24-30-28-16(2)34-24/h3-10H,11-14H2,1-2H3,(H,25,31)(H,26,32). The van der Waals surface area contributed by atoms with Crippen LogP contribution in [-0.2, 0) is 9.59 Å². The van der Waals surface area contributed by atoms with Crippen molar-refractivity contribution in [2.45, 2.75) is 26.7 Å². The van der Waals surface area contributed by atoms with Gasteiger partial charge in [0.15, 0.2) is 0 Å². The molecule has 0 saturated carbocycles. The van der Waals surface area contributed by atoms with Crippen LogP contribution in [0.25, 0.3) is 22.9 Å². The van der Waals surface area contributed by atoms with Crippen molar-refractivity contribution in [2.75, 3.05) is 22.1 Å². The fourth-order valence-corrected chi connectivity index (χ4v) is 4.09. The van der Waals surface area contributed by atoms with Gasteiger partial charge in [-0.3, -0.25) is 9.59 Å². The van der Waals surface area contributed by atoms with Crippen molar-refractivity contribution >= 4 is 35.0 Å². The van der Waals surface area contributed by atoms with E-state index in [1.807, 2.05) is 36.4 Å². The van der Waals surface area contributed by atoms with E-state index in [2.05, 4.69) is 31.0 Å². The fourth-order valence-electron chi connectivity index (χ4n) is 3.23. The molecule has 2 amide bonds. The monoisotopic (exact) mass is 492 g/mol. The molecule has 0 aliphatic carbocycles. The molecule has 2 aromatic carbocycles. The molecule has 2 N–H and O–H groups in total. The van der Waals surface area contributed by atoms with Gasteiger partial charge in [0, 0.05) is 38.2 Å². The zero-order valence-corrected chi connectivity index (χ0v) is 20.1. The Morgan fingerprint density at radius 1 is 0.714 bits per heavy atom. The van der Waals surface area contributed by atoms with Crippen LogP contribution >= 0.6 is 11.8 Å². The lowest BCUT2D eigenvalue weighted by molar-refractivity contribution is -0.116. The molecule has 0 aliphatic heterocycles. The highest BCUT2D eigenvalue weighted by Crippen LogP contribution is 2.28. The summed E-state index contributed by atoms with van der Waals surface area (Å²) in [7, 11) is 0. The molecule has 11 heteroatoms. The molecule has 10 nitrogen and oxygen atoms in total. The van der Waals surface area contributed by atoms with Crippen molar-refractivity contribution in [3.8, 4) is 22.9 Å². The maximum Gasteiger partial charge on any atom is 0.249 e. The van der Waals surface area contributed by atoms with Crippen molar-refractivity contribution in [3.63, 3.8) is 0 Å². The second-order valence-corrected chi connectivity index (χ2v) is 8.78. The van der Waals surface area contributed by atoms with E-state index in [4.69, 9.17) is 8.83 Å². The lowest BCUT2D eigenvalue weighted by atomic mass is 10.1. The number of rotatable bonds is 10. The van der Waals surface area contributed by atoms with Crippen LogP contribution in [0.1, 0.15) is 24.6 Å². The summed E-state index contributed by atoms with van der Waals surface area (Å²) >= 11 is 1.54. The van der Waals surface area contributed by atoms with Gasteiger partial charge in [0.25, 0.3) is 0 Å². The van der Waals surface area contributed by atoms with E-state index in [9.17, 15) is 9.59 Å². The minimum atomic E-state index is -0.130. The van der Waals surface area contributed by atoms with Crippen LogP contribution in [0.15, 0.2) is 57.4 Å². The maximum atomic E-state index is 12.4. The molecule has 2 aromatic heterocycles. The number of benzene rings is 2. The number of hydrogen-bond donors (Lipinski definition) is 2. The zero-order chi connectivity index (χ0) is 24.6. The van der Waals surface area contributed by atoms with Crippen molar-refractivity contribution < 1.29 is 18.4 Å². The second-order valence-electron chi connectivity index (χ2n) is 7.55. The molecule has 0 spiro atoms. The normalized spacial score (nSPS) is 10.8. The van der Waals surface area contributed by atoms with Crippen LogP contribution in [0.4, 0.5) is 11.4 Å². The minimum absolute atomic E-state index is 0.130. The molecule has 0 fully saturated rings. The molecule has 0 aliphatic rings. The number of aryl methyl sites for hydroxylation is 2. The molecule has 180 valence electrons. The summed E-state index contributed by atoms with van der Waals surface area (Å²) in [5, 5.41) is 21.5. The molecular weight excluding hydrogens is 468 g/mol. The summed E-state index contributed by atoms with van der Waals surface area (Å²) in [6, 6.07) is 14.5. The van der Waals surface area contributed by atoms with E-state index >= 15 is 0 Å². The summed E-state index contributed by atoms with van der Waals surface area (Å²) < 4.78 is 11.0. The predicted octanol–water partition coefficient (Wildman–Crippen LogP) is 4.49. The lowest BCUT2D eigenvalue weighted by Crippen LogP contribution is -2.14. The first-order valence-electron chi connectivity index (χ1n) is 11.0. The number of amides is 2. The first-order chi connectivity index (χ1) is 17.0. The summed E-state index contributed by atoms with van der Waals surface area (Å²) in [6.45, 7) is 3.42. The third kappa shape index (κ3) is 6.54. The SMILES string of the molecule is Cc1nnc(-c2ccccc2NC(=O)CCSCCC(=O)Nc2ccccc2-c2nnc(C)o2)o1. The molecule has 0 saturated heterocycles. The topological polar surface area (TPSA) is 136 Å². The molecule has 35 heavy (non-hydrogen) atoms. The van der Waals surface area contributed by atoms with Crippen LogP contribution in [0, 0.1) is 13.8 Å². The van der Waals surface area contributed by atoms with E-state index in [0.29, 0.717) is 70.4 Å². The average molecular weight is 493 g/mol.